The predicted octanol–water partition coefficient (Wildman–Crippen LogP) is 1.66. The highest BCUT2D eigenvalue weighted by atomic mass is 16.5. The van der Waals surface area contributed by atoms with Crippen LogP contribution in [0.1, 0.15) is 5.56 Å². The number of fused-ring (bicyclic) bond motifs is 1. The van der Waals surface area contributed by atoms with Crippen molar-refractivity contribution in [2.45, 2.75) is 6.54 Å². The van der Waals surface area contributed by atoms with Gasteiger partial charge in [0.25, 0.3) is 0 Å². The average Bonchev–Trinajstić information content (AvgIpc) is 2.50. The van der Waals surface area contributed by atoms with Crippen molar-refractivity contribution in [1.82, 2.24) is 10.2 Å². The van der Waals surface area contributed by atoms with E-state index in [4.69, 9.17) is 4.74 Å². The Bertz CT molecular complexity index is 390. The maximum atomic E-state index is 5.73. The minimum Gasteiger partial charge on any atom is -0.492 e. The quantitative estimate of drug-likeness (QED) is 0.799. The van der Waals surface area contributed by atoms with Crippen LogP contribution in [0.25, 0.3) is 0 Å². The first kappa shape index (κ1) is 12.1. The number of nitrogens with one attached hydrogen (secondary N) is 1. The Morgan fingerprint density at radius 1 is 1.47 bits per heavy atom. The van der Waals surface area contributed by atoms with Gasteiger partial charge in [0, 0.05) is 31.7 Å². The third-order valence-corrected chi connectivity index (χ3v) is 2.91. The number of nitrogens with zero attached hydrogens (tertiary/aromatic N) is 1. The average molecular weight is 232 g/mol. The molecule has 1 aliphatic heterocycles. The maximum absolute atomic E-state index is 5.73. The Morgan fingerprint density at radius 3 is 3.12 bits per heavy atom. The third-order valence-electron chi connectivity index (χ3n) is 2.91. The van der Waals surface area contributed by atoms with Crippen LogP contribution < -0.4 is 10.1 Å². The fourth-order valence-corrected chi connectivity index (χ4v) is 2.14. The van der Waals surface area contributed by atoms with Crippen LogP contribution in [0.3, 0.4) is 0 Å². The van der Waals surface area contributed by atoms with E-state index in [1.54, 1.807) is 0 Å². The zero-order chi connectivity index (χ0) is 12.1. The molecule has 1 aromatic rings. The fraction of sp³-hybridized carbons (Fsp3) is 0.429. The van der Waals surface area contributed by atoms with Crippen LogP contribution in [0.4, 0.5) is 0 Å². The molecule has 92 valence electrons. The molecule has 3 heteroatoms. The van der Waals surface area contributed by atoms with Gasteiger partial charge in [0.05, 0.1) is 0 Å². The Hall–Kier alpha value is -1.32. The molecule has 1 N–H and O–H groups in total. The normalized spacial score (nSPS) is 15.8. The number of hydrogen-bond donors (Lipinski definition) is 1. The molecule has 1 aliphatic rings. The zero-order valence-corrected chi connectivity index (χ0v) is 10.4. The van der Waals surface area contributed by atoms with Gasteiger partial charge < -0.3 is 10.1 Å². The van der Waals surface area contributed by atoms with E-state index in [1.807, 2.05) is 19.2 Å². The summed E-state index contributed by atoms with van der Waals surface area (Å²) < 4.78 is 5.73. The van der Waals surface area contributed by atoms with E-state index in [-0.39, 0.29) is 0 Å². The van der Waals surface area contributed by atoms with Gasteiger partial charge >= 0.3 is 0 Å². The summed E-state index contributed by atoms with van der Waals surface area (Å²) in [4.78, 5) is 2.38. The second-order valence-electron chi connectivity index (χ2n) is 4.45. The van der Waals surface area contributed by atoms with Crippen molar-refractivity contribution < 1.29 is 4.74 Å². The lowest BCUT2D eigenvalue weighted by Crippen LogP contribution is -2.29. The number of benzene rings is 1. The van der Waals surface area contributed by atoms with Crippen LogP contribution in [0.15, 0.2) is 36.4 Å². The lowest BCUT2D eigenvalue weighted by molar-refractivity contribution is 0.238. The fourth-order valence-electron chi connectivity index (χ4n) is 2.14. The van der Waals surface area contributed by atoms with E-state index in [2.05, 4.69) is 28.9 Å². The molecule has 0 unspecified atom stereocenters. The molecule has 2 rings (SSSR count). The van der Waals surface area contributed by atoms with Crippen LogP contribution in [0.2, 0.25) is 0 Å². The topological polar surface area (TPSA) is 24.5 Å². The van der Waals surface area contributed by atoms with Crippen LogP contribution in [0.5, 0.6) is 5.75 Å². The molecule has 0 amide bonds. The van der Waals surface area contributed by atoms with Crippen molar-refractivity contribution >= 4 is 0 Å². The number of rotatable bonds is 4. The zero-order valence-electron chi connectivity index (χ0n) is 10.4. The van der Waals surface area contributed by atoms with Gasteiger partial charge in [0.2, 0.25) is 0 Å². The highest BCUT2D eigenvalue weighted by molar-refractivity contribution is 5.33. The van der Waals surface area contributed by atoms with Gasteiger partial charge in [0.1, 0.15) is 12.4 Å². The first-order valence-electron chi connectivity index (χ1n) is 6.04. The molecule has 0 bridgehead atoms. The van der Waals surface area contributed by atoms with Crippen LogP contribution in [0, 0.1) is 0 Å². The summed E-state index contributed by atoms with van der Waals surface area (Å²) in [5, 5.41) is 3.13. The lowest BCUT2D eigenvalue weighted by Gasteiger charge is -2.20. The number of para-hydroxylation sites is 1. The van der Waals surface area contributed by atoms with E-state index in [9.17, 15) is 0 Å². The van der Waals surface area contributed by atoms with Crippen molar-refractivity contribution in [1.29, 1.82) is 0 Å². The maximum Gasteiger partial charge on any atom is 0.123 e. The van der Waals surface area contributed by atoms with Crippen molar-refractivity contribution in [2.24, 2.45) is 0 Å². The van der Waals surface area contributed by atoms with E-state index in [0.29, 0.717) is 0 Å². The molecule has 0 fully saturated rings. The molecule has 0 radical (unpaired) electrons. The summed E-state index contributed by atoms with van der Waals surface area (Å²) in [5.41, 5.74) is 2.48. The van der Waals surface area contributed by atoms with E-state index >= 15 is 0 Å². The first-order valence-corrected chi connectivity index (χ1v) is 6.04. The molecule has 0 aromatic heterocycles. The summed E-state index contributed by atoms with van der Waals surface area (Å²) in [5.74, 6) is 1.02. The number of hydrogen-bond acceptors (Lipinski definition) is 3. The summed E-state index contributed by atoms with van der Waals surface area (Å²) in [6.07, 6.45) is 0. The largest absolute Gasteiger partial charge is 0.492 e. The van der Waals surface area contributed by atoms with Crippen LogP contribution >= 0.6 is 0 Å². The molecule has 0 aliphatic carbocycles. The molecule has 0 atom stereocenters. The summed E-state index contributed by atoms with van der Waals surface area (Å²) in [7, 11) is 1.95. The minimum atomic E-state index is 0.754. The monoisotopic (exact) mass is 232 g/mol. The van der Waals surface area contributed by atoms with Crippen molar-refractivity contribution in [3.63, 3.8) is 0 Å². The Labute approximate surface area is 103 Å². The van der Waals surface area contributed by atoms with Crippen LogP contribution in [-0.2, 0) is 6.54 Å². The second kappa shape index (κ2) is 5.84. The molecule has 0 saturated carbocycles. The number of likely N-dealkylation sites (N-methyl/N-ethyl adjacent to an activating group) is 1. The van der Waals surface area contributed by atoms with Crippen LogP contribution in [-0.4, -0.2) is 38.2 Å². The minimum absolute atomic E-state index is 0.754. The molecule has 0 saturated heterocycles. The third kappa shape index (κ3) is 3.32. The van der Waals surface area contributed by atoms with Gasteiger partial charge in [-0.2, -0.15) is 0 Å². The SMILES string of the molecule is C=C(CNC)CN1CCOc2ccccc2C1. The molecule has 1 aromatic carbocycles. The Morgan fingerprint density at radius 2 is 2.29 bits per heavy atom. The van der Waals surface area contributed by atoms with Gasteiger partial charge in [-0.1, -0.05) is 24.8 Å². The van der Waals surface area contributed by atoms with Gasteiger partial charge in [-0.05, 0) is 18.7 Å². The molecule has 17 heavy (non-hydrogen) atoms. The summed E-state index contributed by atoms with van der Waals surface area (Å²) >= 11 is 0. The van der Waals surface area contributed by atoms with E-state index < -0.39 is 0 Å². The lowest BCUT2D eigenvalue weighted by atomic mass is 10.2. The second-order valence-corrected chi connectivity index (χ2v) is 4.45. The van der Waals surface area contributed by atoms with Gasteiger partial charge in [-0.25, -0.2) is 0 Å². The van der Waals surface area contributed by atoms with Crippen molar-refractivity contribution in [3.05, 3.63) is 42.0 Å². The molecular weight excluding hydrogens is 212 g/mol. The highest BCUT2D eigenvalue weighted by Gasteiger charge is 2.14. The standard InChI is InChI=1S/C14H20N2O/c1-12(9-15-2)10-16-7-8-17-14-6-4-3-5-13(14)11-16/h3-6,15H,1,7-11H2,2H3. The van der Waals surface area contributed by atoms with E-state index in [1.165, 1.54) is 11.1 Å². The molecule has 1 heterocycles. The van der Waals surface area contributed by atoms with Gasteiger partial charge in [-0.15, -0.1) is 0 Å². The van der Waals surface area contributed by atoms with E-state index in [0.717, 1.165) is 38.5 Å². The highest BCUT2D eigenvalue weighted by Crippen LogP contribution is 2.22. The summed E-state index contributed by atoms with van der Waals surface area (Å²) in [6, 6.07) is 8.26. The Kier molecular flexibility index (Phi) is 4.18. The number of ether oxygens (including phenoxy) is 1. The smallest absolute Gasteiger partial charge is 0.123 e. The summed E-state index contributed by atoms with van der Waals surface area (Å²) in [6.45, 7) is 8.54. The molecule has 0 spiro atoms. The first-order chi connectivity index (χ1) is 8.29. The van der Waals surface area contributed by atoms with Crippen molar-refractivity contribution in [3.8, 4) is 5.75 Å². The predicted molar refractivity (Wildman–Crippen MR) is 70.3 cm³/mol. The van der Waals surface area contributed by atoms with Crippen molar-refractivity contribution in [2.75, 3.05) is 33.3 Å². The molecule has 3 nitrogen and oxygen atoms in total. The Balaban J connectivity index is 2.00. The molecular formula is C14H20N2O. The van der Waals surface area contributed by atoms with Gasteiger partial charge in [-0.3, -0.25) is 4.90 Å². The van der Waals surface area contributed by atoms with Gasteiger partial charge in [0.15, 0.2) is 0 Å².